The van der Waals surface area contributed by atoms with Gasteiger partial charge < -0.3 is 0 Å². The smallest absolute Gasteiger partial charge is 0.213 e. The van der Waals surface area contributed by atoms with Crippen molar-refractivity contribution in [3.05, 3.63) is 37.2 Å². The summed E-state index contributed by atoms with van der Waals surface area (Å²) >= 11 is 8.28. The third kappa shape index (κ3) is 2.69. The highest BCUT2D eigenvalue weighted by Gasteiger charge is 2.18. The lowest BCUT2D eigenvalue weighted by molar-refractivity contribution is 0.102. The summed E-state index contributed by atoms with van der Waals surface area (Å²) in [5.41, 5.74) is 1.32. The number of halogens is 2. The van der Waals surface area contributed by atoms with Gasteiger partial charge in [0.25, 0.3) is 0 Å². The van der Waals surface area contributed by atoms with Crippen LogP contribution in [-0.2, 0) is 6.54 Å². The second-order valence-corrected chi connectivity index (χ2v) is 7.26. The zero-order valence-corrected chi connectivity index (χ0v) is 13.1. The number of aryl methyl sites for hydroxylation is 1. The van der Waals surface area contributed by atoms with Crippen molar-refractivity contribution in [2.24, 2.45) is 0 Å². The lowest BCUT2D eigenvalue weighted by Gasteiger charge is -2.04. The fourth-order valence-electron chi connectivity index (χ4n) is 1.55. The number of thiophene rings is 1. The number of ketones is 1. The van der Waals surface area contributed by atoms with E-state index in [1.54, 1.807) is 16.9 Å². The Labute approximate surface area is 120 Å². The van der Waals surface area contributed by atoms with Gasteiger partial charge in [0.05, 0.1) is 13.1 Å². The van der Waals surface area contributed by atoms with Gasteiger partial charge in [-0.3, -0.25) is 9.48 Å². The van der Waals surface area contributed by atoms with Gasteiger partial charge in [-0.2, -0.15) is 5.10 Å². The van der Waals surface area contributed by atoms with Crippen LogP contribution in [0.2, 0.25) is 0 Å². The first-order valence-electron chi connectivity index (χ1n) is 5.14. The van der Waals surface area contributed by atoms with Crippen LogP contribution >= 0.6 is 43.2 Å². The molecule has 0 atom stereocenters. The average molecular weight is 378 g/mol. The summed E-state index contributed by atoms with van der Waals surface area (Å²) in [5.74, 6) is 0.00442. The molecule has 2 rings (SSSR count). The Kier molecular flexibility index (Phi) is 4.17. The molecule has 0 amide bonds. The molecule has 0 saturated carbocycles. The Hall–Kier alpha value is -0.460. The van der Waals surface area contributed by atoms with E-state index in [9.17, 15) is 4.79 Å². The highest BCUT2D eigenvalue weighted by atomic mass is 79.9. The number of rotatable bonds is 4. The summed E-state index contributed by atoms with van der Waals surface area (Å²) in [5, 5.41) is 4.16. The maximum Gasteiger partial charge on any atom is 0.213 e. The van der Waals surface area contributed by atoms with E-state index in [1.165, 1.54) is 11.3 Å². The molecule has 0 aliphatic rings. The van der Waals surface area contributed by atoms with Crippen molar-refractivity contribution in [1.82, 2.24) is 9.78 Å². The first kappa shape index (κ1) is 13.0. The van der Waals surface area contributed by atoms with Crippen molar-refractivity contribution < 1.29 is 4.79 Å². The zero-order chi connectivity index (χ0) is 12.4. The molecule has 0 aromatic carbocycles. The average Bonchev–Trinajstić information content (AvgIpc) is 2.85. The van der Waals surface area contributed by atoms with Crippen molar-refractivity contribution in [2.75, 3.05) is 0 Å². The fraction of sp³-hybridized carbons (Fsp3) is 0.273. The molecule has 0 radical (unpaired) electrons. The predicted molar refractivity (Wildman–Crippen MR) is 75.7 cm³/mol. The Bertz CT molecular complexity index is 547. The van der Waals surface area contributed by atoms with Crippen LogP contribution in [0.15, 0.2) is 25.9 Å². The van der Waals surface area contributed by atoms with Crippen LogP contribution in [0.1, 0.15) is 29.4 Å². The second kappa shape index (κ2) is 5.46. The molecular weight excluding hydrogens is 368 g/mol. The fourth-order valence-corrected chi connectivity index (χ4v) is 4.34. The minimum absolute atomic E-state index is 0.00442. The van der Waals surface area contributed by atoms with Crippen LogP contribution in [-0.4, -0.2) is 15.6 Å². The molecule has 90 valence electrons. The Balaban J connectivity index is 2.37. The zero-order valence-electron chi connectivity index (χ0n) is 9.11. The van der Waals surface area contributed by atoms with Crippen molar-refractivity contribution in [1.29, 1.82) is 0 Å². The quantitative estimate of drug-likeness (QED) is 0.751. The van der Waals surface area contributed by atoms with Crippen LogP contribution in [0.25, 0.3) is 0 Å². The van der Waals surface area contributed by atoms with Gasteiger partial charge in [0.2, 0.25) is 5.78 Å². The summed E-state index contributed by atoms with van der Waals surface area (Å²) in [4.78, 5) is 12.3. The van der Waals surface area contributed by atoms with Gasteiger partial charge in [-0.1, -0.05) is 6.92 Å². The van der Waals surface area contributed by atoms with Gasteiger partial charge in [0.15, 0.2) is 0 Å². The van der Waals surface area contributed by atoms with E-state index in [2.05, 4.69) is 43.9 Å². The van der Waals surface area contributed by atoms with E-state index in [4.69, 9.17) is 0 Å². The molecule has 17 heavy (non-hydrogen) atoms. The van der Waals surface area contributed by atoms with Crippen LogP contribution < -0.4 is 0 Å². The molecule has 6 heteroatoms. The maximum atomic E-state index is 12.3. The standard InChI is InChI=1S/C11H10Br2N2OS/c1-2-5-15-8(3-4-14-15)10(16)7-6-9(12)17-11(7)13/h3-4,6H,2,5H2,1H3. The SMILES string of the molecule is CCCn1nccc1C(=O)c1cc(Br)sc1Br. The van der Waals surface area contributed by atoms with E-state index in [0.29, 0.717) is 11.3 Å². The number of hydrogen-bond donors (Lipinski definition) is 0. The van der Waals surface area contributed by atoms with E-state index >= 15 is 0 Å². The summed E-state index contributed by atoms with van der Waals surface area (Å²) in [7, 11) is 0. The minimum Gasteiger partial charge on any atom is -0.287 e. The van der Waals surface area contributed by atoms with Crippen LogP contribution in [0, 0.1) is 0 Å². The predicted octanol–water partition coefficient (Wildman–Crippen LogP) is 4.11. The molecule has 0 saturated heterocycles. The Morgan fingerprint density at radius 2 is 2.29 bits per heavy atom. The topological polar surface area (TPSA) is 34.9 Å². The van der Waals surface area contributed by atoms with Gasteiger partial charge in [-0.05, 0) is 50.4 Å². The van der Waals surface area contributed by atoms with E-state index in [1.807, 2.05) is 6.07 Å². The Morgan fingerprint density at radius 3 is 2.88 bits per heavy atom. The van der Waals surface area contributed by atoms with Crippen molar-refractivity contribution in [3.8, 4) is 0 Å². The number of carbonyl (C=O) groups excluding carboxylic acids is 1. The van der Waals surface area contributed by atoms with Crippen LogP contribution in [0.5, 0.6) is 0 Å². The largest absolute Gasteiger partial charge is 0.287 e. The number of carbonyl (C=O) groups is 1. The first-order chi connectivity index (χ1) is 8.13. The molecule has 2 heterocycles. The monoisotopic (exact) mass is 376 g/mol. The normalized spacial score (nSPS) is 10.8. The van der Waals surface area contributed by atoms with Gasteiger partial charge in [0.1, 0.15) is 5.69 Å². The minimum atomic E-state index is 0.00442. The summed E-state index contributed by atoms with van der Waals surface area (Å²) in [6.45, 7) is 2.82. The molecular formula is C11H10Br2N2OS. The summed E-state index contributed by atoms with van der Waals surface area (Å²) < 4.78 is 3.54. The van der Waals surface area contributed by atoms with Crippen LogP contribution in [0.4, 0.5) is 0 Å². The first-order valence-corrected chi connectivity index (χ1v) is 7.55. The molecule has 0 fully saturated rings. The molecule has 0 N–H and O–H groups in total. The third-order valence-corrected chi connectivity index (χ3v) is 4.63. The molecule has 3 nitrogen and oxygen atoms in total. The Morgan fingerprint density at radius 1 is 1.53 bits per heavy atom. The van der Waals surface area contributed by atoms with Crippen molar-refractivity contribution >= 4 is 49.0 Å². The highest BCUT2D eigenvalue weighted by molar-refractivity contribution is 9.12. The molecule has 0 aliphatic heterocycles. The molecule has 2 aromatic rings. The molecule has 2 aromatic heterocycles. The van der Waals surface area contributed by atoms with Gasteiger partial charge in [0, 0.05) is 12.7 Å². The molecule has 0 bridgehead atoms. The van der Waals surface area contributed by atoms with E-state index in [0.717, 1.165) is 20.5 Å². The van der Waals surface area contributed by atoms with Crippen LogP contribution in [0.3, 0.4) is 0 Å². The van der Waals surface area contributed by atoms with Gasteiger partial charge >= 0.3 is 0 Å². The summed E-state index contributed by atoms with van der Waals surface area (Å²) in [6, 6.07) is 3.59. The highest BCUT2D eigenvalue weighted by Crippen LogP contribution is 2.33. The molecule has 0 unspecified atom stereocenters. The van der Waals surface area contributed by atoms with Gasteiger partial charge in [-0.15, -0.1) is 11.3 Å². The van der Waals surface area contributed by atoms with E-state index in [-0.39, 0.29) is 5.78 Å². The lowest BCUT2D eigenvalue weighted by Crippen LogP contribution is -2.11. The molecule has 0 spiro atoms. The number of nitrogens with zero attached hydrogens (tertiary/aromatic N) is 2. The third-order valence-electron chi connectivity index (χ3n) is 2.29. The van der Waals surface area contributed by atoms with Crippen molar-refractivity contribution in [3.63, 3.8) is 0 Å². The number of hydrogen-bond acceptors (Lipinski definition) is 3. The maximum absolute atomic E-state index is 12.3. The number of aromatic nitrogens is 2. The van der Waals surface area contributed by atoms with Crippen molar-refractivity contribution in [2.45, 2.75) is 19.9 Å². The lowest BCUT2D eigenvalue weighted by atomic mass is 10.1. The van der Waals surface area contributed by atoms with E-state index < -0.39 is 0 Å². The van der Waals surface area contributed by atoms with Gasteiger partial charge in [-0.25, -0.2) is 0 Å². The second-order valence-electron chi connectivity index (χ2n) is 3.51. The molecule has 0 aliphatic carbocycles. The summed E-state index contributed by atoms with van der Waals surface area (Å²) in [6.07, 6.45) is 2.62.